The number of carbonyl (C=O) groups excluding carboxylic acids is 1. The first-order valence-corrected chi connectivity index (χ1v) is 6.87. The Kier molecular flexibility index (Phi) is 4.40. The van der Waals surface area contributed by atoms with Gasteiger partial charge >= 0.3 is 0 Å². The van der Waals surface area contributed by atoms with Crippen molar-refractivity contribution in [2.45, 2.75) is 63.0 Å². The van der Waals surface area contributed by atoms with Gasteiger partial charge in [0.1, 0.15) is 6.61 Å². The Morgan fingerprint density at radius 3 is 2.47 bits per heavy atom. The Bertz CT molecular complexity index is 256. The van der Waals surface area contributed by atoms with Crippen LogP contribution in [0.15, 0.2) is 0 Å². The van der Waals surface area contributed by atoms with Crippen LogP contribution in [-0.2, 0) is 9.53 Å². The van der Waals surface area contributed by atoms with Crippen molar-refractivity contribution in [1.82, 2.24) is 5.32 Å². The van der Waals surface area contributed by atoms with Crippen LogP contribution in [0, 0.1) is 0 Å². The Hall–Kier alpha value is -0.610. The van der Waals surface area contributed by atoms with Gasteiger partial charge in [-0.3, -0.25) is 4.79 Å². The normalized spacial score (nSPS) is 24.1. The van der Waals surface area contributed by atoms with Gasteiger partial charge < -0.3 is 15.8 Å². The maximum atomic E-state index is 11.7. The van der Waals surface area contributed by atoms with E-state index in [1.165, 1.54) is 25.7 Å². The van der Waals surface area contributed by atoms with E-state index < -0.39 is 0 Å². The van der Waals surface area contributed by atoms with Gasteiger partial charge in [0.2, 0.25) is 5.91 Å². The fourth-order valence-corrected chi connectivity index (χ4v) is 2.98. The summed E-state index contributed by atoms with van der Waals surface area (Å²) >= 11 is 0. The molecule has 0 bridgehead atoms. The summed E-state index contributed by atoms with van der Waals surface area (Å²) < 4.78 is 5.77. The van der Waals surface area contributed by atoms with Gasteiger partial charge in [-0.15, -0.1) is 0 Å². The molecule has 0 radical (unpaired) electrons. The number of ether oxygens (including phenoxy) is 1. The van der Waals surface area contributed by atoms with Crippen molar-refractivity contribution < 1.29 is 9.53 Å². The summed E-state index contributed by atoms with van der Waals surface area (Å²) in [6.07, 6.45) is 9.04. The van der Waals surface area contributed by atoms with E-state index in [1.54, 1.807) is 0 Å². The second kappa shape index (κ2) is 5.83. The number of nitrogens with two attached hydrogens (primary N) is 1. The fourth-order valence-electron chi connectivity index (χ4n) is 2.98. The highest BCUT2D eigenvalue weighted by Gasteiger charge is 2.34. The Morgan fingerprint density at radius 1 is 1.24 bits per heavy atom. The number of hydrogen-bond donors (Lipinski definition) is 2. The molecule has 0 aromatic heterocycles. The number of carbonyl (C=O) groups is 1. The molecule has 2 aliphatic rings. The number of hydrogen-bond acceptors (Lipinski definition) is 3. The molecule has 2 rings (SSSR count). The predicted octanol–water partition coefficient (Wildman–Crippen LogP) is 1.33. The third-order valence-electron chi connectivity index (χ3n) is 4.12. The van der Waals surface area contributed by atoms with Crippen molar-refractivity contribution in [2.24, 2.45) is 5.73 Å². The van der Waals surface area contributed by atoms with Gasteiger partial charge in [0.05, 0.1) is 5.60 Å². The Morgan fingerprint density at radius 2 is 1.88 bits per heavy atom. The number of rotatable bonds is 5. The van der Waals surface area contributed by atoms with Crippen LogP contribution >= 0.6 is 0 Å². The minimum atomic E-state index is -0.215. The van der Waals surface area contributed by atoms with Gasteiger partial charge in [-0.25, -0.2) is 0 Å². The minimum absolute atomic E-state index is 0.0247. The Labute approximate surface area is 103 Å². The zero-order chi connectivity index (χ0) is 12.1. The van der Waals surface area contributed by atoms with Gasteiger partial charge in [-0.2, -0.15) is 0 Å². The first-order valence-electron chi connectivity index (χ1n) is 6.87. The van der Waals surface area contributed by atoms with E-state index >= 15 is 0 Å². The summed E-state index contributed by atoms with van der Waals surface area (Å²) in [5.41, 5.74) is 5.55. The molecule has 0 heterocycles. The monoisotopic (exact) mass is 240 g/mol. The average Bonchev–Trinajstić information content (AvgIpc) is 2.98. The largest absolute Gasteiger partial charge is 0.364 e. The number of nitrogens with one attached hydrogen (secondary N) is 1. The van der Waals surface area contributed by atoms with Gasteiger partial charge in [0, 0.05) is 12.6 Å². The van der Waals surface area contributed by atoms with Crippen LogP contribution in [0.4, 0.5) is 0 Å². The van der Waals surface area contributed by atoms with Crippen LogP contribution in [0.25, 0.3) is 0 Å². The van der Waals surface area contributed by atoms with E-state index in [2.05, 4.69) is 5.32 Å². The van der Waals surface area contributed by atoms with Crippen molar-refractivity contribution in [2.75, 3.05) is 13.2 Å². The van der Waals surface area contributed by atoms with Crippen LogP contribution in [0.1, 0.15) is 51.4 Å². The molecule has 1 amide bonds. The van der Waals surface area contributed by atoms with Crippen LogP contribution in [0.3, 0.4) is 0 Å². The summed E-state index contributed by atoms with van der Waals surface area (Å²) in [4.78, 5) is 11.7. The molecule has 2 fully saturated rings. The molecule has 3 N–H and O–H groups in total. The third kappa shape index (κ3) is 3.42. The molecule has 0 aliphatic heterocycles. The molecular weight excluding hydrogens is 216 g/mol. The van der Waals surface area contributed by atoms with Crippen molar-refractivity contribution >= 4 is 5.91 Å². The molecule has 4 heteroatoms. The lowest BCUT2D eigenvalue weighted by Crippen LogP contribution is -2.42. The second-order valence-corrected chi connectivity index (χ2v) is 5.43. The van der Waals surface area contributed by atoms with Crippen LogP contribution < -0.4 is 11.1 Å². The van der Waals surface area contributed by atoms with Gasteiger partial charge in [-0.05, 0) is 25.7 Å². The molecule has 4 nitrogen and oxygen atoms in total. The van der Waals surface area contributed by atoms with E-state index in [9.17, 15) is 4.79 Å². The topological polar surface area (TPSA) is 64.3 Å². The standard InChI is InChI=1S/C13H24N2O2/c14-10-13(7-3-4-8-13)17-9-12(16)15-11-5-1-2-6-11/h11H,1-10,14H2,(H,15,16). The van der Waals surface area contributed by atoms with Crippen molar-refractivity contribution in [3.05, 3.63) is 0 Å². The lowest BCUT2D eigenvalue weighted by molar-refractivity contribution is -0.133. The van der Waals surface area contributed by atoms with E-state index in [0.717, 1.165) is 25.7 Å². The van der Waals surface area contributed by atoms with E-state index in [-0.39, 0.29) is 18.1 Å². The summed E-state index contributed by atoms with van der Waals surface area (Å²) in [6, 6.07) is 0.378. The van der Waals surface area contributed by atoms with Crippen LogP contribution in [0.5, 0.6) is 0 Å². The quantitative estimate of drug-likeness (QED) is 0.762. The zero-order valence-corrected chi connectivity index (χ0v) is 10.5. The fraction of sp³-hybridized carbons (Fsp3) is 0.923. The first kappa shape index (κ1) is 12.8. The molecule has 0 atom stereocenters. The molecule has 0 aromatic rings. The summed E-state index contributed by atoms with van der Waals surface area (Å²) in [7, 11) is 0. The lowest BCUT2D eigenvalue weighted by atomic mass is 10.0. The van der Waals surface area contributed by atoms with Crippen molar-refractivity contribution in [3.8, 4) is 0 Å². The predicted molar refractivity (Wildman–Crippen MR) is 66.6 cm³/mol. The van der Waals surface area contributed by atoms with E-state index in [1.807, 2.05) is 0 Å². The first-order chi connectivity index (χ1) is 8.24. The molecule has 98 valence electrons. The molecule has 0 spiro atoms. The summed E-state index contributed by atoms with van der Waals surface area (Å²) in [6.45, 7) is 0.706. The van der Waals surface area contributed by atoms with Gasteiger partial charge in [0.15, 0.2) is 0 Å². The lowest BCUT2D eigenvalue weighted by Gasteiger charge is -2.27. The third-order valence-corrected chi connectivity index (χ3v) is 4.12. The van der Waals surface area contributed by atoms with Crippen LogP contribution in [0.2, 0.25) is 0 Å². The van der Waals surface area contributed by atoms with Gasteiger partial charge in [-0.1, -0.05) is 25.7 Å². The highest BCUT2D eigenvalue weighted by Crippen LogP contribution is 2.32. The molecule has 0 saturated heterocycles. The maximum Gasteiger partial charge on any atom is 0.246 e. The zero-order valence-electron chi connectivity index (χ0n) is 10.5. The summed E-state index contributed by atoms with van der Waals surface area (Å²) in [5.74, 6) is 0.0247. The Balaban J connectivity index is 1.71. The van der Waals surface area contributed by atoms with Crippen molar-refractivity contribution in [3.63, 3.8) is 0 Å². The molecule has 2 saturated carbocycles. The summed E-state index contributed by atoms with van der Waals surface area (Å²) in [5, 5.41) is 3.04. The SMILES string of the molecule is NCC1(OCC(=O)NC2CCCC2)CCCC1. The highest BCUT2D eigenvalue weighted by molar-refractivity contribution is 5.77. The maximum absolute atomic E-state index is 11.7. The molecular formula is C13H24N2O2. The van der Waals surface area contributed by atoms with Crippen molar-refractivity contribution in [1.29, 1.82) is 0 Å². The van der Waals surface area contributed by atoms with E-state index in [4.69, 9.17) is 10.5 Å². The highest BCUT2D eigenvalue weighted by atomic mass is 16.5. The molecule has 17 heavy (non-hydrogen) atoms. The molecule has 0 unspecified atom stereocenters. The van der Waals surface area contributed by atoms with Crippen LogP contribution in [-0.4, -0.2) is 30.7 Å². The molecule has 0 aromatic carbocycles. The van der Waals surface area contributed by atoms with E-state index in [0.29, 0.717) is 12.6 Å². The number of amides is 1. The average molecular weight is 240 g/mol. The minimum Gasteiger partial charge on any atom is -0.364 e. The smallest absolute Gasteiger partial charge is 0.246 e. The second-order valence-electron chi connectivity index (χ2n) is 5.43. The molecule has 2 aliphatic carbocycles. The van der Waals surface area contributed by atoms with Gasteiger partial charge in [0.25, 0.3) is 0 Å².